The molecule has 134 valence electrons. The highest BCUT2D eigenvalue weighted by molar-refractivity contribution is 7.92. The van der Waals surface area contributed by atoms with E-state index in [0.717, 1.165) is 15.9 Å². The van der Waals surface area contributed by atoms with Crippen molar-refractivity contribution >= 4 is 49.8 Å². The molecule has 0 aliphatic carbocycles. The number of anilines is 2. The Bertz CT molecular complexity index is 1060. The molecule has 8 heteroatoms. The molecule has 0 unspecified atom stereocenters. The number of benzene rings is 2. The molecule has 1 amide bonds. The lowest BCUT2D eigenvalue weighted by atomic mass is 10.2. The SMILES string of the molecule is CS(=O)(=O)N(CC(=O)Nc1cccc2cccnc12)c1cccc(Cl)c1. The average Bonchev–Trinajstić information content (AvgIpc) is 2.59. The number of aromatic nitrogens is 1. The fourth-order valence-corrected chi connectivity index (χ4v) is 3.59. The second-order valence-corrected chi connectivity index (χ2v) is 8.02. The van der Waals surface area contributed by atoms with Crippen LogP contribution in [-0.2, 0) is 14.8 Å². The molecule has 26 heavy (non-hydrogen) atoms. The van der Waals surface area contributed by atoms with Crippen LogP contribution >= 0.6 is 11.6 Å². The normalized spacial score (nSPS) is 11.3. The largest absolute Gasteiger partial charge is 0.323 e. The van der Waals surface area contributed by atoms with Gasteiger partial charge in [-0.15, -0.1) is 0 Å². The average molecular weight is 390 g/mol. The van der Waals surface area contributed by atoms with Gasteiger partial charge in [-0.05, 0) is 30.3 Å². The van der Waals surface area contributed by atoms with Crippen LogP contribution in [0, 0.1) is 0 Å². The molecule has 0 saturated heterocycles. The Labute approximate surface area is 156 Å². The number of carbonyl (C=O) groups is 1. The Balaban J connectivity index is 1.87. The molecule has 1 N–H and O–H groups in total. The number of hydrogen-bond acceptors (Lipinski definition) is 4. The topological polar surface area (TPSA) is 79.4 Å². The summed E-state index contributed by atoms with van der Waals surface area (Å²) < 4.78 is 25.3. The van der Waals surface area contributed by atoms with E-state index >= 15 is 0 Å². The van der Waals surface area contributed by atoms with Crippen LogP contribution in [-0.4, -0.2) is 32.1 Å². The number of sulfonamides is 1. The fraction of sp³-hybridized carbons (Fsp3) is 0.111. The summed E-state index contributed by atoms with van der Waals surface area (Å²) in [6.07, 6.45) is 2.67. The lowest BCUT2D eigenvalue weighted by Gasteiger charge is -2.22. The van der Waals surface area contributed by atoms with E-state index in [9.17, 15) is 13.2 Å². The third-order valence-electron chi connectivity index (χ3n) is 3.69. The molecule has 0 aliphatic rings. The maximum atomic E-state index is 12.5. The Morgan fingerprint density at radius 3 is 2.62 bits per heavy atom. The van der Waals surface area contributed by atoms with E-state index in [2.05, 4.69) is 10.3 Å². The van der Waals surface area contributed by atoms with Crippen molar-refractivity contribution in [2.45, 2.75) is 0 Å². The van der Waals surface area contributed by atoms with Crippen molar-refractivity contribution in [3.8, 4) is 0 Å². The van der Waals surface area contributed by atoms with Crippen molar-refractivity contribution in [1.29, 1.82) is 0 Å². The van der Waals surface area contributed by atoms with Gasteiger partial charge < -0.3 is 5.32 Å². The van der Waals surface area contributed by atoms with Gasteiger partial charge in [0, 0.05) is 16.6 Å². The summed E-state index contributed by atoms with van der Waals surface area (Å²) in [7, 11) is -3.67. The lowest BCUT2D eigenvalue weighted by Crippen LogP contribution is -2.37. The molecule has 1 heterocycles. The molecule has 0 spiro atoms. The van der Waals surface area contributed by atoms with Crippen LogP contribution in [0.4, 0.5) is 11.4 Å². The highest BCUT2D eigenvalue weighted by Crippen LogP contribution is 2.23. The lowest BCUT2D eigenvalue weighted by molar-refractivity contribution is -0.114. The standard InChI is InChI=1S/C18H16ClN3O3S/c1-26(24,25)22(15-8-3-7-14(19)11-15)12-17(23)21-16-9-2-5-13-6-4-10-20-18(13)16/h2-11H,12H2,1H3,(H,21,23). The van der Waals surface area contributed by atoms with Crippen LogP contribution in [0.25, 0.3) is 10.9 Å². The Kier molecular flexibility index (Phi) is 5.11. The molecule has 0 saturated carbocycles. The van der Waals surface area contributed by atoms with Gasteiger partial charge in [0.1, 0.15) is 6.54 Å². The van der Waals surface area contributed by atoms with Gasteiger partial charge in [-0.2, -0.15) is 0 Å². The zero-order valence-electron chi connectivity index (χ0n) is 13.9. The smallest absolute Gasteiger partial charge is 0.245 e. The van der Waals surface area contributed by atoms with Gasteiger partial charge >= 0.3 is 0 Å². The van der Waals surface area contributed by atoms with E-state index < -0.39 is 15.9 Å². The summed E-state index contributed by atoms with van der Waals surface area (Å²) in [6, 6.07) is 15.4. The van der Waals surface area contributed by atoms with Crippen molar-refractivity contribution in [2.24, 2.45) is 0 Å². The van der Waals surface area contributed by atoms with Gasteiger partial charge in [0.15, 0.2) is 0 Å². The fourth-order valence-electron chi connectivity index (χ4n) is 2.56. The molecule has 0 bridgehead atoms. The first kappa shape index (κ1) is 18.2. The van der Waals surface area contributed by atoms with Gasteiger partial charge in [-0.1, -0.05) is 35.9 Å². The molecule has 0 aliphatic heterocycles. The van der Waals surface area contributed by atoms with E-state index in [4.69, 9.17) is 11.6 Å². The number of nitrogens with one attached hydrogen (secondary N) is 1. The zero-order valence-corrected chi connectivity index (χ0v) is 15.5. The van der Waals surface area contributed by atoms with E-state index in [1.807, 2.05) is 12.1 Å². The number of pyridine rings is 1. The van der Waals surface area contributed by atoms with Gasteiger partial charge in [-0.25, -0.2) is 8.42 Å². The summed E-state index contributed by atoms with van der Waals surface area (Å²) in [5.41, 5.74) is 1.48. The van der Waals surface area contributed by atoms with Crippen LogP contribution in [0.3, 0.4) is 0 Å². The van der Waals surface area contributed by atoms with Crippen LogP contribution in [0.5, 0.6) is 0 Å². The third kappa shape index (κ3) is 4.12. The number of halogens is 1. The maximum Gasteiger partial charge on any atom is 0.245 e. The molecule has 0 atom stereocenters. The van der Waals surface area contributed by atoms with E-state index in [1.165, 1.54) is 6.07 Å². The van der Waals surface area contributed by atoms with Crippen LogP contribution in [0.2, 0.25) is 5.02 Å². The second kappa shape index (κ2) is 7.31. The molecule has 2 aromatic carbocycles. The number of hydrogen-bond donors (Lipinski definition) is 1. The van der Waals surface area contributed by atoms with Crippen LogP contribution in [0.15, 0.2) is 60.8 Å². The quantitative estimate of drug-likeness (QED) is 0.726. The summed E-state index contributed by atoms with van der Waals surface area (Å²) in [5.74, 6) is -0.478. The van der Waals surface area contributed by atoms with Gasteiger partial charge in [0.2, 0.25) is 15.9 Å². The number of nitrogens with zero attached hydrogens (tertiary/aromatic N) is 2. The predicted molar refractivity (Wildman–Crippen MR) is 104 cm³/mol. The summed E-state index contributed by atoms with van der Waals surface area (Å²) in [6.45, 7) is -0.373. The van der Waals surface area contributed by atoms with E-state index in [1.54, 1.807) is 42.6 Å². The van der Waals surface area contributed by atoms with Crippen molar-refractivity contribution < 1.29 is 13.2 Å². The highest BCUT2D eigenvalue weighted by Gasteiger charge is 2.21. The Morgan fingerprint density at radius 2 is 1.88 bits per heavy atom. The minimum absolute atomic E-state index is 0.325. The van der Waals surface area contributed by atoms with Crippen molar-refractivity contribution in [3.05, 3.63) is 65.8 Å². The van der Waals surface area contributed by atoms with Crippen molar-refractivity contribution in [3.63, 3.8) is 0 Å². The first-order valence-electron chi connectivity index (χ1n) is 7.71. The van der Waals surface area contributed by atoms with Crippen LogP contribution in [0.1, 0.15) is 0 Å². The first-order valence-corrected chi connectivity index (χ1v) is 9.94. The number of rotatable bonds is 5. The number of carbonyl (C=O) groups excluding carboxylic acids is 1. The highest BCUT2D eigenvalue weighted by atomic mass is 35.5. The Hall–Kier alpha value is -2.64. The Morgan fingerprint density at radius 1 is 1.15 bits per heavy atom. The van der Waals surface area contributed by atoms with Gasteiger partial charge in [0.25, 0.3) is 0 Å². The summed E-state index contributed by atoms with van der Waals surface area (Å²) in [5, 5.41) is 3.99. The molecule has 3 rings (SSSR count). The zero-order chi connectivity index (χ0) is 18.7. The van der Waals surface area contributed by atoms with Gasteiger partial charge in [-0.3, -0.25) is 14.1 Å². The minimum atomic E-state index is -3.67. The third-order valence-corrected chi connectivity index (χ3v) is 5.07. The second-order valence-electron chi connectivity index (χ2n) is 5.68. The molecule has 3 aromatic rings. The van der Waals surface area contributed by atoms with Gasteiger partial charge in [0.05, 0.1) is 23.1 Å². The molecule has 0 fully saturated rings. The molecule has 1 aromatic heterocycles. The maximum absolute atomic E-state index is 12.5. The molecular weight excluding hydrogens is 374 g/mol. The number of fused-ring (bicyclic) bond motifs is 1. The molecule has 0 radical (unpaired) electrons. The summed E-state index contributed by atoms with van der Waals surface area (Å²) in [4.78, 5) is 16.8. The van der Waals surface area contributed by atoms with E-state index in [0.29, 0.717) is 21.9 Å². The van der Waals surface area contributed by atoms with Crippen molar-refractivity contribution in [2.75, 3.05) is 22.4 Å². The summed E-state index contributed by atoms with van der Waals surface area (Å²) >= 11 is 5.94. The first-order chi connectivity index (χ1) is 12.3. The monoisotopic (exact) mass is 389 g/mol. The van der Waals surface area contributed by atoms with Crippen LogP contribution < -0.4 is 9.62 Å². The predicted octanol–water partition coefficient (Wildman–Crippen LogP) is 3.29. The molecular formula is C18H16ClN3O3S. The minimum Gasteiger partial charge on any atom is -0.323 e. The number of amides is 1. The molecule has 6 nitrogen and oxygen atoms in total. The van der Waals surface area contributed by atoms with Crippen molar-refractivity contribution in [1.82, 2.24) is 4.98 Å². The van der Waals surface area contributed by atoms with E-state index in [-0.39, 0.29) is 6.54 Å². The number of para-hydroxylation sites is 1.